The number of anilines is 1. The van der Waals surface area contributed by atoms with E-state index >= 15 is 0 Å². The van der Waals surface area contributed by atoms with Crippen LogP contribution in [-0.4, -0.2) is 44.8 Å². The molecule has 0 aliphatic carbocycles. The number of piperidine rings is 1. The van der Waals surface area contributed by atoms with Gasteiger partial charge in [0, 0.05) is 39.2 Å². The normalized spacial score (nSPS) is 22.8. The lowest BCUT2D eigenvalue weighted by Crippen LogP contribution is -2.44. The maximum atomic E-state index is 11.6. The van der Waals surface area contributed by atoms with E-state index in [0.717, 1.165) is 36.8 Å². The predicted octanol–water partition coefficient (Wildman–Crippen LogP) is 0.462. The molecule has 0 aromatic carbocycles. The van der Waals surface area contributed by atoms with Crippen molar-refractivity contribution in [3.8, 4) is 0 Å². The van der Waals surface area contributed by atoms with Crippen molar-refractivity contribution in [2.75, 3.05) is 18.0 Å². The number of pyridine rings is 1. The summed E-state index contributed by atoms with van der Waals surface area (Å²) in [6.45, 7) is 1.63. The second-order valence-electron chi connectivity index (χ2n) is 6.71. The Morgan fingerprint density at radius 1 is 1.32 bits per heavy atom. The summed E-state index contributed by atoms with van der Waals surface area (Å²) in [7, 11) is 1.93. The van der Waals surface area contributed by atoms with Crippen LogP contribution in [0.3, 0.4) is 0 Å². The van der Waals surface area contributed by atoms with Gasteiger partial charge in [-0.15, -0.1) is 10.2 Å². The topological polar surface area (TPSA) is 95.9 Å². The Morgan fingerprint density at radius 3 is 2.96 bits per heavy atom. The van der Waals surface area contributed by atoms with Crippen molar-refractivity contribution in [1.82, 2.24) is 25.1 Å². The molecular formula is C16H19ClN6O2. The fourth-order valence-electron chi connectivity index (χ4n) is 3.65. The molecule has 2 aromatic rings. The summed E-state index contributed by atoms with van der Waals surface area (Å²) < 4.78 is 1.96. The van der Waals surface area contributed by atoms with Crippen LogP contribution in [0.25, 0.3) is 0 Å². The molecule has 2 aliphatic heterocycles. The molecule has 132 valence electrons. The number of nitrogens with one attached hydrogen (secondary N) is 2. The Kier molecular flexibility index (Phi) is 3.99. The molecule has 2 fully saturated rings. The molecule has 9 heteroatoms. The first-order valence-corrected chi connectivity index (χ1v) is 8.69. The molecule has 4 heterocycles. The number of carbonyl (C=O) groups is 1. The van der Waals surface area contributed by atoms with E-state index < -0.39 is 0 Å². The zero-order valence-corrected chi connectivity index (χ0v) is 14.6. The van der Waals surface area contributed by atoms with Gasteiger partial charge in [0.05, 0.1) is 6.04 Å². The van der Waals surface area contributed by atoms with Gasteiger partial charge in [-0.2, -0.15) is 0 Å². The zero-order chi connectivity index (χ0) is 17.6. The Balaban J connectivity index is 1.52. The predicted molar refractivity (Wildman–Crippen MR) is 92.7 cm³/mol. The van der Waals surface area contributed by atoms with Crippen LogP contribution in [-0.2, 0) is 18.3 Å². The number of nitrogens with zero attached hydrogens (tertiary/aromatic N) is 4. The van der Waals surface area contributed by atoms with E-state index in [1.165, 1.54) is 0 Å². The largest absolute Gasteiger partial charge is 0.351 e. The minimum atomic E-state index is -0.300. The molecule has 4 rings (SSSR count). The van der Waals surface area contributed by atoms with Crippen molar-refractivity contribution in [1.29, 1.82) is 0 Å². The molecule has 25 heavy (non-hydrogen) atoms. The van der Waals surface area contributed by atoms with Crippen LogP contribution in [0.1, 0.15) is 24.2 Å². The molecular weight excluding hydrogens is 344 g/mol. The van der Waals surface area contributed by atoms with Crippen LogP contribution in [0.15, 0.2) is 17.1 Å². The van der Waals surface area contributed by atoms with Gasteiger partial charge in [-0.05, 0) is 24.0 Å². The summed E-state index contributed by atoms with van der Waals surface area (Å²) in [6, 6.07) is 1.84. The molecule has 2 saturated heterocycles. The molecule has 0 saturated carbocycles. The smallest absolute Gasteiger partial charge is 0.266 e. The van der Waals surface area contributed by atoms with Crippen LogP contribution in [0, 0.1) is 5.92 Å². The van der Waals surface area contributed by atoms with Crippen LogP contribution in [0.2, 0.25) is 5.02 Å². The third kappa shape index (κ3) is 3.02. The van der Waals surface area contributed by atoms with Crippen molar-refractivity contribution in [2.24, 2.45) is 13.0 Å². The third-order valence-corrected chi connectivity index (χ3v) is 5.32. The molecule has 2 atom stereocenters. The summed E-state index contributed by atoms with van der Waals surface area (Å²) in [6.07, 6.45) is 3.69. The van der Waals surface area contributed by atoms with Crippen molar-refractivity contribution in [3.63, 3.8) is 0 Å². The van der Waals surface area contributed by atoms with Crippen molar-refractivity contribution in [3.05, 3.63) is 39.0 Å². The number of halogens is 1. The van der Waals surface area contributed by atoms with Crippen LogP contribution in [0.5, 0.6) is 0 Å². The van der Waals surface area contributed by atoms with Gasteiger partial charge < -0.3 is 19.8 Å². The first-order chi connectivity index (χ1) is 12.0. The first kappa shape index (κ1) is 16.1. The van der Waals surface area contributed by atoms with Gasteiger partial charge in [0.2, 0.25) is 11.9 Å². The van der Waals surface area contributed by atoms with E-state index in [2.05, 4.69) is 25.4 Å². The summed E-state index contributed by atoms with van der Waals surface area (Å²) in [5.74, 6) is 2.19. The molecule has 0 bridgehead atoms. The summed E-state index contributed by atoms with van der Waals surface area (Å²) in [5.41, 5.74) is 0.569. The van der Waals surface area contributed by atoms with E-state index in [1.54, 1.807) is 12.3 Å². The van der Waals surface area contributed by atoms with Crippen LogP contribution >= 0.6 is 11.6 Å². The zero-order valence-electron chi connectivity index (χ0n) is 13.8. The van der Waals surface area contributed by atoms with Gasteiger partial charge in [0.25, 0.3) is 5.56 Å². The van der Waals surface area contributed by atoms with Gasteiger partial charge in [0.15, 0.2) is 0 Å². The average molecular weight is 363 g/mol. The Bertz CT molecular complexity index is 876. The minimum Gasteiger partial charge on any atom is -0.351 e. The number of hydrogen-bond acceptors (Lipinski definition) is 5. The summed E-state index contributed by atoms with van der Waals surface area (Å²) in [5, 5.41) is 11.9. The first-order valence-electron chi connectivity index (χ1n) is 8.31. The van der Waals surface area contributed by atoms with Gasteiger partial charge in [-0.1, -0.05) is 11.6 Å². The second kappa shape index (κ2) is 6.18. The molecule has 2 unspecified atom stereocenters. The summed E-state index contributed by atoms with van der Waals surface area (Å²) in [4.78, 5) is 27.7. The highest BCUT2D eigenvalue weighted by molar-refractivity contribution is 6.30. The SMILES string of the molecule is Cn1c(Cc2c[nH]c(=O)c(Cl)c2)nnc1N1CC2CCC(=O)NC2C1. The second-order valence-corrected chi connectivity index (χ2v) is 7.12. The number of aromatic amines is 1. The lowest BCUT2D eigenvalue weighted by molar-refractivity contribution is -0.123. The number of hydrogen-bond donors (Lipinski definition) is 2. The number of aromatic nitrogens is 4. The molecule has 2 aromatic heterocycles. The number of fused-ring (bicyclic) bond motifs is 1. The number of H-pyrrole nitrogens is 1. The molecule has 0 radical (unpaired) electrons. The highest BCUT2D eigenvalue weighted by Crippen LogP contribution is 2.28. The molecule has 8 nitrogen and oxygen atoms in total. The number of rotatable bonds is 3. The highest BCUT2D eigenvalue weighted by atomic mass is 35.5. The Hall–Kier alpha value is -2.35. The molecule has 2 N–H and O–H groups in total. The fraction of sp³-hybridized carbons (Fsp3) is 0.500. The van der Waals surface area contributed by atoms with Crippen LogP contribution < -0.4 is 15.8 Å². The van der Waals surface area contributed by atoms with Gasteiger partial charge in [0.1, 0.15) is 10.8 Å². The monoisotopic (exact) mass is 362 g/mol. The van der Waals surface area contributed by atoms with Gasteiger partial charge in [-0.3, -0.25) is 9.59 Å². The Labute approximate surface area is 149 Å². The quantitative estimate of drug-likeness (QED) is 0.827. The summed E-state index contributed by atoms with van der Waals surface area (Å²) >= 11 is 5.88. The van der Waals surface area contributed by atoms with E-state index in [1.807, 2.05) is 11.6 Å². The Morgan fingerprint density at radius 2 is 2.16 bits per heavy atom. The molecule has 1 amide bonds. The van der Waals surface area contributed by atoms with Gasteiger partial charge in [-0.25, -0.2) is 0 Å². The van der Waals surface area contributed by atoms with Crippen molar-refractivity contribution in [2.45, 2.75) is 25.3 Å². The average Bonchev–Trinajstić information content (AvgIpc) is 3.14. The lowest BCUT2D eigenvalue weighted by atomic mass is 9.94. The van der Waals surface area contributed by atoms with Crippen LogP contribution in [0.4, 0.5) is 5.95 Å². The third-order valence-electron chi connectivity index (χ3n) is 5.03. The fourth-order valence-corrected chi connectivity index (χ4v) is 3.84. The van der Waals surface area contributed by atoms with E-state index in [9.17, 15) is 9.59 Å². The molecule has 2 aliphatic rings. The molecule has 0 spiro atoms. The van der Waals surface area contributed by atoms with Gasteiger partial charge >= 0.3 is 0 Å². The highest BCUT2D eigenvalue weighted by Gasteiger charge is 2.38. The number of carbonyl (C=O) groups excluding carboxylic acids is 1. The van der Waals surface area contributed by atoms with E-state index in [4.69, 9.17) is 11.6 Å². The van der Waals surface area contributed by atoms with Crippen molar-refractivity contribution >= 4 is 23.5 Å². The lowest BCUT2D eigenvalue weighted by Gasteiger charge is -2.24. The maximum Gasteiger partial charge on any atom is 0.266 e. The van der Waals surface area contributed by atoms with E-state index in [-0.39, 0.29) is 22.5 Å². The standard InChI is InChI=1S/C16H19ClN6O2/c1-22-13(5-9-4-11(17)15(25)18-6-9)20-21-16(22)23-7-10-2-3-14(24)19-12(10)8-23/h4,6,10,12H,2-3,5,7-8H2,1H3,(H,18,25)(H,19,24). The van der Waals surface area contributed by atoms with Crippen molar-refractivity contribution < 1.29 is 4.79 Å². The van der Waals surface area contributed by atoms with E-state index in [0.29, 0.717) is 18.8 Å². The number of amides is 1. The minimum absolute atomic E-state index is 0.136. The maximum absolute atomic E-state index is 11.6.